The lowest BCUT2D eigenvalue weighted by Gasteiger charge is -2.36. The summed E-state index contributed by atoms with van der Waals surface area (Å²) in [4.78, 5) is 2.72. The van der Waals surface area contributed by atoms with Crippen LogP contribution in [0.4, 0.5) is 0 Å². The molecule has 1 heterocycles. The molecule has 15 heavy (non-hydrogen) atoms. The second-order valence-corrected chi connectivity index (χ2v) is 5.28. The second kappa shape index (κ2) is 5.86. The van der Waals surface area contributed by atoms with E-state index in [0.29, 0.717) is 6.61 Å². The van der Waals surface area contributed by atoms with Crippen molar-refractivity contribution in [2.45, 2.75) is 57.4 Å². The fourth-order valence-electron chi connectivity index (χ4n) is 3.26. The second-order valence-electron chi connectivity index (χ2n) is 5.28. The van der Waals surface area contributed by atoms with E-state index >= 15 is 0 Å². The fourth-order valence-corrected chi connectivity index (χ4v) is 3.26. The average molecular weight is 211 g/mol. The summed E-state index contributed by atoms with van der Waals surface area (Å²) in [6, 6.07) is 0.920. The molecule has 0 radical (unpaired) electrons. The van der Waals surface area contributed by atoms with Crippen LogP contribution in [0.3, 0.4) is 0 Å². The van der Waals surface area contributed by atoms with Crippen LogP contribution in [-0.2, 0) is 0 Å². The molecule has 2 aliphatic rings. The predicted molar refractivity (Wildman–Crippen MR) is 62.9 cm³/mol. The van der Waals surface area contributed by atoms with Gasteiger partial charge in [-0.1, -0.05) is 12.8 Å². The van der Waals surface area contributed by atoms with Crippen molar-refractivity contribution in [2.24, 2.45) is 5.92 Å². The van der Waals surface area contributed by atoms with Crippen LogP contribution in [-0.4, -0.2) is 35.7 Å². The van der Waals surface area contributed by atoms with Crippen molar-refractivity contribution < 1.29 is 5.11 Å². The molecule has 88 valence electrons. The zero-order chi connectivity index (χ0) is 10.5. The lowest BCUT2D eigenvalue weighted by molar-refractivity contribution is 0.127. The van der Waals surface area contributed by atoms with E-state index in [1.807, 2.05) is 0 Å². The van der Waals surface area contributed by atoms with E-state index in [2.05, 4.69) is 4.90 Å². The lowest BCUT2D eigenvalue weighted by Crippen LogP contribution is -2.40. The molecule has 1 aliphatic heterocycles. The van der Waals surface area contributed by atoms with Crippen molar-refractivity contribution in [3.63, 3.8) is 0 Å². The van der Waals surface area contributed by atoms with Gasteiger partial charge >= 0.3 is 0 Å². The third kappa shape index (κ3) is 3.18. The van der Waals surface area contributed by atoms with Crippen molar-refractivity contribution >= 4 is 0 Å². The first-order valence-corrected chi connectivity index (χ1v) is 6.75. The first kappa shape index (κ1) is 11.4. The van der Waals surface area contributed by atoms with Gasteiger partial charge in [-0.05, 0) is 57.5 Å². The van der Waals surface area contributed by atoms with Crippen LogP contribution in [0.15, 0.2) is 0 Å². The summed E-state index contributed by atoms with van der Waals surface area (Å²) in [5.41, 5.74) is 0. The monoisotopic (exact) mass is 211 g/mol. The molecule has 1 aliphatic carbocycles. The van der Waals surface area contributed by atoms with E-state index in [1.165, 1.54) is 58.0 Å². The first-order valence-electron chi connectivity index (χ1n) is 6.75. The van der Waals surface area contributed by atoms with Crippen LogP contribution in [0.1, 0.15) is 51.4 Å². The van der Waals surface area contributed by atoms with Crippen LogP contribution in [0.25, 0.3) is 0 Å². The number of aliphatic hydroxyl groups excluding tert-OH is 1. The highest BCUT2D eigenvalue weighted by Crippen LogP contribution is 2.29. The molecule has 0 amide bonds. The Kier molecular flexibility index (Phi) is 4.45. The minimum absolute atomic E-state index is 0.378. The highest BCUT2D eigenvalue weighted by Gasteiger charge is 2.26. The summed E-state index contributed by atoms with van der Waals surface area (Å²) in [7, 11) is 0. The van der Waals surface area contributed by atoms with Gasteiger partial charge in [-0.25, -0.2) is 0 Å². The minimum atomic E-state index is 0.378. The Morgan fingerprint density at radius 2 is 1.67 bits per heavy atom. The zero-order valence-electron chi connectivity index (χ0n) is 9.83. The quantitative estimate of drug-likeness (QED) is 0.772. The predicted octanol–water partition coefficient (Wildman–Crippen LogP) is 2.41. The van der Waals surface area contributed by atoms with Gasteiger partial charge in [0.1, 0.15) is 0 Å². The van der Waals surface area contributed by atoms with Gasteiger partial charge in [-0.15, -0.1) is 0 Å². The van der Waals surface area contributed by atoms with Gasteiger partial charge in [0, 0.05) is 12.6 Å². The standard InChI is InChI=1S/C13H25NO/c15-11-3-4-12-7-9-14(10-8-12)13-5-1-2-6-13/h12-13,15H,1-11H2. The Labute approximate surface area is 93.7 Å². The molecule has 2 heteroatoms. The van der Waals surface area contributed by atoms with Crippen molar-refractivity contribution in [2.75, 3.05) is 19.7 Å². The zero-order valence-corrected chi connectivity index (χ0v) is 9.83. The molecule has 0 bridgehead atoms. The average Bonchev–Trinajstić information content (AvgIpc) is 2.80. The Morgan fingerprint density at radius 3 is 2.27 bits per heavy atom. The van der Waals surface area contributed by atoms with Gasteiger partial charge in [0.2, 0.25) is 0 Å². The Hall–Kier alpha value is -0.0800. The summed E-state index contributed by atoms with van der Waals surface area (Å²) in [6.07, 6.45) is 10.8. The van der Waals surface area contributed by atoms with Gasteiger partial charge < -0.3 is 10.0 Å². The Morgan fingerprint density at radius 1 is 1.00 bits per heavy atom. The van der Waals surface area contributed by atoms with Crippen LogP contribution in [0.5, 0.6) is 0 Å². The van der Waals surface area contributed by atoms with E-state index < -0.39 is 0 Å². The SMILES string of the molecule is OCCCC1CCN(C2CCCC2)CC1. The lowest BCUT2D eigenvalue weighted by atomic mass is 9.91. The van der Waals surface area contributed by atoms with Gasteiger partial charge in [-0.2, -0.15) is 0 Å². The number of nitrogens with zero attached hydrogens (tertiary/aromatic N) is 1. The molecule has 1 saturated heterocycles. The molecule has 0 unspecified atom stereocenters. The fraction of sp³-hybridized carbons (Fsp3) is 1.00. The first-order chi connectivity index (χ1) is 7.40. The number of aliphatic hydroxyl groups is 1. The van der Waals surface area contributed by atoms with E-state index in [1.54, 1.807) is 0 Å². The number of hydrogen-bond acceptors (Lipinski definition) is 2. The molecular formula is C13H25NO. The summed E-state index contributed by atoms with van der Waals surface area (Å²) in [5.74, 6) is 0.898. The van der Waals surface area contributed by atoms with E-state index in [4.69, 9.17) is 5.11 Å². The Bertz CT molecular complexity index is 169. The molecule has 0 aromatic heterocycles. The van der Waals surface area contributed by atoms with Crippen molar-refractivity contribution in [3.05, 3.63) is 0 Å². The van der Waals surface area contributed by atoms with Crippen LogP contribution in [0, 0.1) is 5.92 Å². The number of rotatable bonds is 4. The third-order valence-electron chi connectivity index (χ3n) is 4.26. The van der Waals surface area contributed by atoms with Gasteiger partial charge in [0.05, 0.1) is 0 Å². The smallest absolute Gasteiger partial charge is 0.0431 e. The normalized spacial score (nSPS) is 26.2. The molecule has 0 atom stereocenters. The molecule has 1 saturated carbocycles. The van der Waals surface area contributed by atoms with E-state index in [0.717, 1.165) is 18.4 Å². The van der Waals surface area contributed by atoms with E-state index in [9.17, 15) is 0 Å². The largest absolute Gasteiger partial charge is 0.396 e. The Balaban J connectivity index is 1.67. The van der Waals surface area contributed by atoms with Crippen LogP contribution in [0.2, 0.25) is 0 Å². The topological polar surface area (TPSA) is 23.5 Å². The molecule has 0 spiro atoms. The summed E-state index contributed by atoms with van der Waals surface area (Å²) >= 11 is 0. The number of hydrogen-bond donors (Lipinski definition) is 1. The number of likely N-dealkylation sites (tertiary alicyclic amines) is 1. The van der Waals surface area contributed by atoms with Crippen LogP contribution < -0.4 is 0 Å². The summed E-state index contributed by atoms with van der Waals surface area (Å²) in [6.45, 7) is 3.02. The highest BCUT2D eigenvalue weighted by molar-refractivity contribution is 4.81. The van der Waals surface area contributed by atoms with Gasteiger partial charge in [0.25, 0.3) is 0 Å². The minimum Gasteiger partial charge on any atom is -0.396 e. The summed E-state index contributed by atoms with van der Waals surface area (Å²) < 4.78 is 0. The van der Waals surface area contributed by atoms with Crippen LogP contribution >= 0.6 is 0 Å². The summed E-state index contributed by atoms with van der Waals surface area (Å²) in [5, 5.41) is 8.81. The molecule has 1 N–H and O–H groups in total. The molecular weight excluding hydrogens is 186 g/mol. The third-order valence-corrected chi connectivity index (χ3v) is 4.26. The van der Waals surface area contributed by atoms with Gasteiger partial charge in [-0.3, -0.25) is 0 Å². The molecule has 0 aromatic rings. The van der Waals surface area contributed by atoms with Gasteiger partial charge in [0.15, 0.2) is 0 Å². The maximum atomic E-state index is 8.81. The molecule has 2 rings (SSSR count). The highest BCUT2D eigenvalue weighted by atomic mass is 16.2. The van der Waals surface area contributed by atoms with E-state index in [-0.39, 0.29) is 0 Å². The van der Waals surface area contributed by atoms with Crippen molar-refractivity contribution in [3.8, 4) is 0 Å². The molecule has 2 nitrogen and oxygen atoms in total. The maximum absolute atomic E-state index is 8.81. The molecule has 2 fully saturated rings. The molecule has 0 aromatic carbocycles. The number of piperidine rings is 1. The van der Waals surface area contributed by atoms with Crippen molar-refractivity contribution in [1.29, 1.82) is 0 Å². The van der Waals surface area contributed by atoms with Crippen molar-refractivity contribution in [1.82, 2.24) is 4.90 Å². The maximum Gasteiger partial charge on any atom is 0.0431 e.